The Morgan fingerprint density at radius 1 is 1.17 bits per heavy atom. The number of benzene rings is 1. The normalized spacial score (nSPS) is 11.7. The summed E-state index contributed by atoms with van der Waals surface area (Å²) >= 11 is 0. The number of nitrogens with one attached hydrogen (secondary N) is 1. The Balaban J connectivity index is 2.23. The number of hydrogen-bond donors (Lipinski definition) is 1. The molecule has 0 unspecified atom stereocenters. The summed E-state index contributed by atoms with van der Waals surface area (Å²) in [6.07, 6.45) is 5.96. The summed E-state index contributed by atoms with van der Waals surface area (Å²) in [5.74, 6) is 0.907. The van der Waals surface area contributed by atoms with Crippen LogP contribution < -0.4 is 0 Å². The second-order valence-electron chi connectivity index (χ2n) is 4.38. The fourth-order valence-electron chi connectivity index (χ4n) is 2.27. The van der Waals surface area contributed by atoms with Gasteiger partial charge in [0.15, 0.2) is 5.76 Å². The summed E-state index contributed by atoms with van der Waals surface area (Å²) in [6, 6.07) is 10.2. The third-order valence-corrected chi connectivity index (χ3v) is 3.23. The van der Waals surface area contributed by atoms with Gasteiger partial charge >= 0.3 is 0 Å². The molecule has 0 spiro atoms. The maximum Gasteiger partial charge on any atom is 0.157 e. The van der Waals surface area contributed by atoms with Gasteiger partial charge < -0.3 is 9.40 Å². The Bertz CT molecular complexity index is 701. The summed E-state index contributed by atoms with van der Waals surface area (Å²) in [7, 11) is 0. The number of hydrogen-bond acceptors (Lipinski definition) is 1. The maximum atomic E-state index is 5.70. The lowest BCUT2D eigenvalue weighted by molar-refractivity contribution is 0.586. The van der Waals surface area contributed by atoms with Gasteiger partial charge in [-0.1, -0.05) is 36.4 Å². The molecule has 2 nitrogen and oxygen atoms in total. The highest BCUT2D eigenvalue weighted by Crippen LogP contribution is 2.33. The lowest BCUT2D eigenvalue weighted by Gasteiger charge is -1.96. The molecule has 0 fully saturated rings. The molecule has 2 heteroatoms. The van der Waals surface area contributed by atoms with Crippen LogP contribution in [0, 0.1) is 6.92 Å². The topological polar surface area (TPSA) is 28.9 Å². The molecule has 3 aromatic rings. The van der Waals surface area contributed by atoms with Crippen molar-refractivity contribution < 1.29 is 4.42 Å². The largest absolute Gasteiger partial charge is 0.461 e. The van der Waals surface area contributed by atoms with E-state index in [0.717, 1.165) is 27.9 Å². The van der Waals surface area contributed by atoms with E-state index in [4.69, 9.17) is 4.42 Å². The van der Waals surface area contributed by atoms with Gasteiger partial charge in [-0.15, -0.1) is 0 Å². The molecule has 0 aliphatic carbocycles. The van der Waals surface area contributed by atoms with Crippen molar-refractivity contribution in [3.8, 4) is 11.3 Å². The zero-order valence-corrected chi connectivity index (χ0v) is 10.5. The van der Waals surface area contributed by atoms with Crippen LogP contribution >= 0.6 is 0 Å². The Kier molecular flexibility index (Phi) is 2.56. The summed E-state index contributed by atoms with van der Waals surface area (Å²) in [4.78, 5) is 3.43. The molecule has 1 aromatic carbocycles. The highest BCUT2D eigenvalue weighted by Gasteiger charge is 2.14. The summed E-state index contributed by atoms with van der Waals surface area (Å²) in [5.41, 5.74) is 4.55. The number of fused-ring (bicyclic) bond motifs is 1. The van der Waals surface area contributed by atoms with Crippen molar-refractivity contribution in [2.75, 3.05) is 0 Å². The van der Waals surface area contributed by atoms with Gasteiger partial charge in [0.25, 0.3) is 0 Å². The van der Waals surface area contributed by atoms with Crippen LogP contribution in [0.4, 0.5) is 0 Å². The zero-order chi connectivity index (χ0) is 12.5. The number of rotatable bonds is 2. The van der Waals surface area contributed by atoms with Crippen LogP contribution in [0.3, 0.4) is 0 Å². The van der Waals surface area contributed by atoms with Crippen LogP contribution in [0.1, 0.15) is 18.2 Å². The Labute approximate surface area is 106 Å². The third-order valence-electron chi connectivity index (χ3n) is 3.23. The standard InChI is InChI=1S/C16H15NO/c1-3-7-14-11(2)13-10-18-16(15(13)17-14)12-8-5-4-6-9-12/h3-10,17H,1-2H3. The molecule has 0 bridgehead atoms. The van der Waals surface area contributed by atoms with E-state index in [0.29, 0.717) is 0 Å². The number of H-pyrrole nitrogens is 1. The first-order valence-corrected chi connectivity index (χ1v) is 6.09. The van der Waals surface area contributed by atoms with E-state index in [-0.39, 0.29) is 0 Å². The molecule has 0 aliphatic heterocycles. The second-order valence-corrected chi connectivity index (χ2v) is 4.38. The van der Waals surface area contributed by atoms with Crippen molar-refractivity contribution in [2.45, 2.75) is 13.8 Å². The third kappa shape index (κ3) is 1.58. The highest BCUT2D eigenvalue weighted by atomic mass is 16.3. The Hall–Kier alpha value is -2.22. The predicted octanol–water partition coefficient (Wildman–Crippen LogP) is 4.77. The van der Waals surface area contributed by atoms with Gasteiger partial charge in [0.05, 0.1) is 5.52 Å². The minimum Gasteiger partial charge on any atom is -0.461 e. The van der Waals surface area contributed by atoms with Crippen LogP contribution in [0.15, 0.2) is 47.1 Å². The Morgan fingerprint density at radius 3 is 2.67 bits per heavy atom. The minimum absolute atomic E-state index is 0.907. The lowest BCUT2D eigenvalue weighted by atomic mass is 10.1. The first-order valence-electron chi connectivity index (χ1n) is 6.09. The zero-order valence-electron chi connectivity index (χ0n) is 10.5. The van der Waals surface area contributed by atoms with E-state index >= 15 is 0 Å². The minimum atomic E-state index is 0.907. The number of aromatic nitrogens is 1. The molecule has 1 N–H and O–H groups in total. The van der Waals surface area contributed by atoms with E-state index in [1.807, 2.05) is 37.5 Å². The molecule has 0 aliphatic rings. The van der Waals surface area contributed by atoms with Crippen molar-refractivity contribution in [1.82, 2.24) is 4.98 Å². The molecular weight excluding hydrogens is 222 g/mol. The quantitative estimate of drug-likeness (QED) is 0.683. The van der Waals surface area contributed by atoms with Crippen LogP contribution in [-0.2, 0) is 0 Å². The second kappa shape index (κ2) is 4.22. The lowest BCUT2D eigenvalue weighted by Crippen LogP contribution is -1.76. The fraction of sp³-hybridized carbons (Fsp3) is 0.125. The van der Waals surface area contributed by atoms with Gasteiger partial charge in [-0.05, 0) is 25.5 Å². The van der Waals surface area contributed by atoms with Gasteiger partial charge in [0.2, 0.25) is 0 Å². The predicted molar refractivity (Wildman–Crippen MR) is 75.4 cm³/mol. The number of allylic oxidation sites excluding steroid dienone is 1. The monoisotopic (exact) mass is 237 g/mol. The molecule has 2 heterocycles. The average molecular weight is 237 g/mol. The van der Waals surface area contributed by atoms with E-state index in [9.17, 15) is 0 Å². The van der Waals surface area contributed by atoms with Crippen LogP contribution in [-0.4, -0.2) is 4.98 Å². The van der Waals surface area contributed by atoms with Crippen molar-refractivity contribution in [2.24, 2.45) is 0 Å². The van der Waals surface area contributed by atoms with Crippen LogP contribution in [0.2, 0.25) is 0 Å². The van der Waals surface area contributed by atoms with Crippen molar-refractivity contribution in [3.63, 3.8) is 0 Å². The molecule has 90 valence electrons. The highest BCUT2D eigenvalue weighted by molar-refractivity contribution is 5.95. The first kappa shape index (κ1) is 10.9. The maximum absolute atomic E-state index is 5.70. The van der Waals surface area contributed by atoms with Crippen LogP contribution in [0.5, 0.6) is 0 Å². The fourth-order valence-corrected chi connectivity index (χ4v) is 2.27. The number of aryl methyl sites for hydroxylation is 1. The molecule has 0 radical (unpaired) electrons. The number of aromatic amines is 1. The van der Waals surface area contributed by atoms with E-state index in [1.54, 1.807) is 0 Å². The van der Waals surface area contributed by atoms with Gasteiger partial charge in [-0.25, -0.2) is 0 Å². The molecule has 2 aromatic heterocycles. The van der Waals surface area contributed by atoms with E-state index in [1.165, 1.54) is 5.56 Å². The Morgan fingerprint density at radius 2 is 1.94 bits per heavy atom. The molecule has 18 heavy (non-hydrogen) atoms. The van der Waals surface area contributed by atoms with Gasteiger partial charge in [-0.2, -0.15) is 0 Å². The molecular formula is C16H15NO. The van der Waals surface area contributed by atoms with E-state index < -0.39 is 0 Å². The van der Waals surface area contributed by atoms with Gasteiger partial charge in [0.1, 0.15) is 6.26 Å². The molecule has 0 amide bonds. The number of furan rings is 1. The average Bonchev–Trinajstić information content (AvgIpc) is 2.93. The molecule has 0 saturated carbocycles. The SMILES string of the molecule is CC=Cc1[nH]c2c(-c3ccccc3)occ2c1C. The van der Waals surface area contributed by atoms with Crippen molar-refractivity contribution in [3.05, 3.63) is 53.9 Å². The summed E-state index contributed by atoms with van der Waals surface area (Å²) in [5, 5.41) is 1.15. The smallest absolute Gasteiger partial charge is 0.157 e. The van der Waals surface area contributed by atoms with Crippen LogP contribution in [0.25, 0.3) is 28.3 Å². The summed E-state index contributed by atoms with van der Waals surface area (Å²) < 4.78 is 5.70. The molecule has 3 rings (SSSR count). The van der Waals surface area contributed by atoms with Crippen molar-refractivity contribution >= 4 is 17.0 Å². The first-order chi connectivity index (χ1) is 8.81. The van der Waals surface area contributed by atoms with E-state index in [2.05, 4.69) is 30.1 Å². The van der Waals surface area contributed by atoms with Gasteiger partial charge in [-0.3, -0.25) is 0 Å². The van der Waals surface area contributed by atoms with Crippen molar-refractivity contribution in [1.29, 1.82) is 0 Å². The molecule has 0 saturated heterocycles. The van der Waals surface area contributed by atoms with Gasteiger partial charge in [0, 0.05) is 16.6 Å². The molecule has 0 atom stereocenters. The summed E-state index contributed by atoms with van der Waals surface area (Å²) in [6.45, 7) is 4.13.